The second-order valence-corrected chi connectivity index (χ2v) is 6.21. The van der Waals surface area contributed by atoms with E-state index in [-0.39, 0.29) is 11.3 Å². The van der Waals surface area contributed by atoms with Crippen LogP contribution in [0.25, 0.3) is 0 Å². The number of anilines is 1. The lowest BCUT2D eigenvalue weighted by molar-refractivity contribution is -0.400. The molecule has 1 aromatic rings. The second kappa shape index (κ2) is 6.50. The van der Waals surface area contributed by atoms with Gasteiger partial charge in [0.15, 0.2) is 0 Å². The van der Waals surface area contributed by atoms with E-state index in [1.165, 1.54) is 37.2 Å². The zero-order chi connectivity index (χ0) is 20.8. The van der Waals surface area contributed by atoms with Crippen LogP contribution in [-0.4, -0.2) is 43.1 Å². The van der Waals surface area contributed by atoms with Crippen molar-refractivity contribution in [1.82, 2.24) is 0 Å². The van der Waals surface area contributed by atoms with Gasteiger partial charge in [0.05, 0.1) is 12.0 Å². The number of benzene rings is 1. The number of hydrogen-bond acceptors (Lipinski definition) is 2. The van der Waals surface area contributed by atoms with E-state index in [9.17, 15) is 44.6 Å². The highest BCUT2D eigenvalue weighted by Gasteiger charge is 2.82. The maximum absolute atomic E-state index is 13.8. The summed E-state index contributed by atoms with van der Waals surface area (Å²) >= 11 is 0. The molecule has 0 heterocycles. The lowest BCUT2D eigenvalue weighted by Crippen LogP contribution is -2.62. The molecule has 150 valence electrons. The fourth-order valence-electron chi connectivity index (χ4n) is 2.37. The van der Waals surface area contributed by atoms with Gasteiger partial charge in [0.25, 0.3) is 0 Å². The summed E-state index contributed by atoms with van der Waals surface area (Å²) in [5, 5.41) is 10.2. The van der Waals surface area contributed by atoms with Gasteiger partial charge in [-0.3, -0.25) is 0 Å². The molecule has 0 saturated carbocycles. The van der Waals surface area contributed by atoms with E-state index in [0.29, 0.717) is 6.92 Å². The molecule has 0 amide bonds. The molecule has 0 aliphatic carbocycles. The molecule has 1 aromatic carbocycles. The molecule has 0 aliphatic rings. The van der Waals surface area contributed by atoms with Crippen molar-refractivity contribution in [2.45, 2.75) is 42.9 Å². The van der Waals surface area contributed by atoms with Crippen molar-refractivity contribution < 1.29 is 44.6 Å². The first-order chi connectivity index (χ1) is 11.4. The predicted octanol–water partition coefficient (Wildman–Crippen LogP) is 4.82. The van der Waals surface area contributed by atoms with Crippen molar-refractivity contribution in [1.29, 1.82) is 0 Å². The van der Waals surface area contributed by atoms with Crippen molar-refractivity contribution in [3.63, 3.8) is 0 Å². The average molecular weight is 397 g/mol. The topological polar surface area (TPSA) is 23.5 Å². The highest BCUT2D eigenvalue weighted by molar-refractivity contribution is 5.55. The molecule has 0 bridgehead atoms. The number of hydrogen-bond donors (Lipinski definition) is 1. The third-order valence-electron chi connectivity index (χ3n) is 3.74. The Balaban J connectivity index is 3.35. The van der Waals surface area contributed by atoms with Crippen LogP contribution in [0, 0.1) is 0 Å². The van der Waals surface area contributed by atoms with Gasteiger partial charge in [0.2, 0.25) is 0 Å². The zero-order valence-corrected chi connectivity index (χ0v) is 13.8. The van der Waals surface area contributed by atoms with E-state index >= 15 is 0 Å². The summed E-state index contributed by atoms with van der Waals surface area (Å²) in [6.45, 7) is 0.630. The molecule has 1 N–H and O–H groups in total. The molecule has 1 rings (SSSR count). The molecule has 0 saturated heterocycles. The number of alkyl halides is 9. The van der Waals surface area contributed by atoms with Crippen LogP contribution in [0.4, 0.5) is 45.2 Å². The number of nitrogens with zero attached hydrogens (tertiary/aromatic N) is 1. The SMILES string of the molecule is CN(C)c1ccccc1C(C)(O)CC(F)(F)C(F)(F)C(F)(F)C(F)(F)F. The molecule has 1 unspecified atom stereocenters. The Labute approximate surface area is 143 Å². The van der Waals surface area contributed by atoms with Crippen LogP contribution in [0.5, 0.6) is 0 Å². The highest BCUT2D eigenvalue weighted by Crippen LogP contribution is 2.55. The average Bonchev–Trinajstić information content (AvgIpc) is 2.44. The highest BCUT2D eigenvalue weighted by atomic mass is 19.4. The Morgan fingerprint density at radius 2 is 1.31 bits per heavy atom. The van der Waals surface area contributed by atoms with Crippen molar-refractivity contribution in [2.75, 3.05) is 19.0 Å². The van der Waals surface area contributed by atoms with Crippen LogP contribution in [0.1, 0.15) is 18.9 Å². The van der Waals surface area contributed by atoms with Gasteiger partial charge >= 0.3 is 23.9 Å². The molecule has 0 radical (unpaired) electrons. The predicted molar refractivity (Wildman–Crippen MR) is 75.9 cm³/mol. The largest absolute Gasteiger partial charge is 0.460 e. The number of rotatable bonds is 6. The molecular formula is C15H16F9NO. The van der Waals surface area contributed by atoms with Gasteiger partial charge in [0.1, 0.15) is 0 Å². The third-order valence-corrected chi connectivity index (χ3v) is 3.74. The minimum absolute atomic E-state index is 0.0965. The summed E-state index contributed by atoms with van der Waals surface area (Å²) in [5.41, 5.74) is -3.06. The summed E-state index contributed by atoms with van der Waals surface area (Å²) in [4.78, 5) is 1.32. The van der Waals surface area contributed by atoms with Crippen LogP contribution in [0.15, 0.2) is 24.3 Å². The molecule has 1 atom stereocenters. The molecule has 26 heavy (non-hydrogen) atoms. The van der Waals surface area contributed by atoms with Crippen LogP contribution in [-0.2, 0) is 5.60 Å². The van der Waals surface area contributed by atoms with Crippen LogP contribution in [0.3, 0.4) is 0 Å². The monoisotopic (exact) mass is 397 g/mol. The Morgan fingerprint density at radius 3 is 1.73 bits per heavy atom. The summed E-state index contributed by atoms with van der Waals surface area (Å²) < 4.78 is 117. The first kappa shape index (κ1) is 22.4. The van der Waals surface area contributed by atoms with E-state index in [1.54, 1.807) is 0 Å². The maximum Gasteiger partial charge on any atom is 0.460 e. The van der Waals surface area contributed by atoms with Gasteiger partial charge in [-0.25, -0.2) is 0 Å². The Morgan fingerprint density at radius 1 is 0.846 bits per heavy atom. The first-order valence-electron chi connectivity index (χ1n) is 7.08. The lowest BCUT2D eigenvalue weighted by Gasteiger charge is -2.38. The number of aliphatic hydroxyl groups is 1. The zero-order valence-electron chi connectivity index (χ0n) is 13.8. The third kappa shape index (κ3) is 3.72. The molecule has 0 aromatic heterocycles. The van der Waals surface area contributed by atoms with Crippen molar-refractivity contribution in [3.8, 4) is 0 Å². The van der Waals surface area contributed by atoms with Crippen LogP contribution < -0.4 is 4.90 Å². The molecule has 0 fully saturated rings. The van der Waals surface area contributed by atoms with Crippen LogP contribution in [0.2, 0.25) is 0 Å². The van der Waals surface area contributed by atoms with Crippen molar-refractivity contribution >= 4 is 5.69 Å². The van der Waals surface area contributed by atoms with Gasteiger partial charge in [-0.1, -0.05) is 18.2 Å². The Bertz CT molecular complexity index is 638. The van der Waals surface area contributed by atoms with Gasteiger partial charge in [-0.2, -0.15) is 39.5 Å². The maximum atomic E-state index is 13.8. The fourth-order valence-corrected chi connectivity index (χ4v) is 2.37. The van der Waals surface area contributed by atoms with E-state index in [1.807, 2.05) is 0 Å². The Kier molecular flexibility index (Phi) is 5.60. The number of para-hydroxylation sites is 1. The minimum Gasteiger partial charge on any atom is -0.385 e. The summed E-state index contributed by atoms with van der Waals surface area (Å²) in [5.74, 6) is -19.6. The molecule has 11 heteroatoms. The van der Waals surface area contributed by atoms with Crippen molar-refractivity contribution in [3.05, 3.63) is 29.8 Å². The standard InChI is InChI=1S/C15H16F9NO/c1-11(26,9-6-4-5-7-10(9)25(2)3)8-12(16,17)13(18,19)14(20,21)15(22,23)24/h4-7,26H,8H2,1-3H3. The summed E-state index contributed by atoms with van der Waals surface area (Å²) in [6.07, 6.45) is -9.25. The van der Waals surface area contributed by atoms with Crippen molar-refractivity contribution in [2.24, 2.45) is 0 Å². The van der Waals surface area contributed by atoms with Crippen LogP contribution >= 0.6 is 0 Å². The van der Waals surface area contributed by atoms with Gasteiger partial charge < -0.3 is 10.0 Å². The Hall–Kier alpha value is -1.65. The van der Waals surface area contributed by atoms with Gasteiger partial charge in [-0.05, 0) is 13.0 Å². The minimum atomic E-state index is -6.99. The summed E-state index contributed by atoms with van der Waals surface area (Å²) in [6, 6.07) is 5.09. The van der Waals surface area contributed by atoms with E-state index in [2.05, 4.69) is 0 Å². The van der Waals surface area contributed by atoms with E-state index < -0.39 is 36.0 Å². The van der Waals surface area contributed by atoms with E-state index in [0.717, 1.165) is 6.07 Å². The normalized spacial score (nSPS) is 16.3. The summed E-state index contributed by atoms with van der Waals surface area (Å²) in [7, 11) is 2.86. The van der Waals surface area contributed by atoms with Gasteiger partial charge in [-0.15, -0.1) is 0 Å². The van der Waals surface area contributed by atoms with E-state index in [4.69, 9.17) is 0 Å². The molecular weight excluding hydrogens is 381 g/mol. The molecule has 0 aliphatic heterocycles. The molecule has 0 spiro atoms. The fraction of sp³-hybridized carbons (Fsp3) is 0.600. The lowest BCUT2D eigenvalue weighted by atomic mass is 9.85. The second-order valence-electron chi connectivity index (χ2n) is 6.21. The quantitative estimate of drug-likeness (QED) is 0.696. The first-order valence-corrected chi connectivity index (χ1v) is 7.08. The van der Waals surface area contributed by atoms with Gasteiger partial charge in [0, 0.05) is 25.3 Å². The number of halogens is 9. The smallest absolute Gasteiger partial charge is 0.385 e. The molecule has 2 nitrogen and oxygen atoms in total.